The van der Waals surface area contributed by atoms with E-state index < -0.39 is 0 Å². The molecule has 0 nitrogen and oxygen atoms in total. The van der Waals surface area contributed by atoms with Crippen LogP contribution >= 0.6 is 11.6 Å². The fraction of sp³-hybridized carbons (Fsp3) is 0.217. The Bertz CT molecular complexity index is 943. The van der Waals surface area contributed by atoms with Gasteiger partial charge in [0.05, 0.1) is 5.02 Å². The van der Waals surface area contributed by atoms with Crippen LogP contribution in [0.1, 0.15) is 36.5 Å². The number of unbranched alkanes of at least 4 members (excludes halogenated alkanes) is 1. The second-order valence-corrected chi connectivity index (χ2v) is 7.18. The molecule has 2 heteroatoms. The molecule has 0 radical (unpaired) electrons. The molecule has 0 aromatic heterocycles. The molecular formula is C23H20ClF. The van der Waals surface area contributed by atoms with Gasteiger partial charge in [-0.25, -0.2) is 4.39 Å². The van der Waals surface area contributed by atoms with Crippen molar-refractivity contribution < 1.29 is 4.39 Å². The first-order valence-corrected chi connectivity index (χ1v) is 9.24. The van der Waals surface area contributed by atoms with Crippen LogP contribution in [0.3, 0.4) is 0 Å². The molecule has 0 aliphatic heterocycles. The Morgan fingerprint density at radius 3 is 2.32 bits per heavy atom. The molecule has 0 bridgehead atoms. The van der Waals surface area contributed by atoms with Gasteiger partial charge < -0.3 is 0 Å². The van der Waals surface area contributed by atoms with E-state index in [-0.39, 0.29) is 10.8 Å². The second-order valence-electron chi connectivity index (χ2n) is 6.77. The third-order valence-corrected chi connectivity index (χ3v) is 5.32. The summed E-state index contributed by atoms with van der Waals surface area (Å²) >= 11 is 5.80. The van der Waals surface area contributed by atoms with Crippen molar-refractivity contribution in [1.29, 1.82) is 0 Å². The topological polar surface area (TPSA) is 0 Å². The van der Waals surface area contributed by atoms with E-state index in [0.717, 1.165) is 24.0 Å². The van der Waals surface area contributed by atoms with Crippen molar-refractivity contribution in [3.05, 3.63) is 82.1 Å². The summed E-state index contributed by atoms with van der Waals surface area (Å²) in [6.07, 6.45) is 4.56. The summed E-state index contributed by atoms with van der Waals surface area (Å²) < 4.78 is 13.8. The van der Waals surface area contributed by atoms with Gasteiger partial charge in [-0.1, -0.05) is 67.4 Å². The Morgan fingerprint density at radius 2 is 1.56 bits per heavy atom. The fourth-order valence-corrected chi connectivity index (χ4v) is 3.77. The van der Waals surface area contributed by atoms with Gasteiger partial charge in [-0.15, -0.1) is 0 Å². The maximum atomic E-state index is 13.8. The van der Waals surface area contributed by atoms with E-state index in [1.165, 1.54) is 46.7 Å². The Hall–Kier alpha value is -2.12. The summed E-state index contributed by atoms with van der Waals surface area (Å²) in [4.78, 5) is 0. The minimum absolute atomic E-state index is 0.164. The zero-order valence-corrected chi connectivity index (χ0v) is 15.0. The van der Waals surface area contributed by atoms with Gasteiger partial charge in [0.1, 0.15) is 5.82 Å². The lowest BCUT2D eigenvalue weighted by molar-refractivity contribution is 0.629. The molecule has 3 aromatic carbocycles. The van der Waals surface area contributed by atoms with Gasteiger partial charge in [-0.3, -0.25) is 0 Å². The number of halogens is 2. The van der Waals surface area contributed by atoms with Gasteiger partial charge in [-0.05, 0) is 70.3 Å². The first-order chi connectivity index (χ1) is 12.2. The molecule has 0 unspecified atom stereocenters. The van der Waals surface area contributed by atoms with Crippen molar-refractivity contribution in [3.8, 4) is 22.3 Å². The molecule has 0 atom stereocenters. The third-order valence-electron chi connectivity index (χ3n) is 5.02. The van der Waals surface area contributed by atoms with Crippen molar-refractivity contribution in [3.63, 3.8) is 0 Å². The monoisotopic (exact) mass is 350 g/mol. The Labute approximate surface area is 153 Å². The predicted octanol–water partition coefficient (Wildman–Crippen LogP) is 7.06. The maximum Gasteiger partial charge on any atom is 0.142 e. The van der Waals surface area contributed by atoms with E-state index in [9.17, 15) is 4.39 Å². The maximum absolute atomic E-state index is 13.8. The van der Waals surface area contributed by atoms with Crippen LogP contribution in [0.5, 0.6) is 0 Å². The highest BCUT2D eigenvalue weighted by molar-refractivity contribution is 6.30. The van der Waals surface area contributed by atoms with E-state index in [4.69, 9.17) is 11.6 Å². The third kappa shape index (κ3) is 3.09. The number of hydrogen-bond donors (Lipinski definition) is 0. The number of benzene rings is 3. The molecule has 0 spiro atoms. The molecule has 0 amide bonds. The largest absolute Gasteiger partial charge is 0.205 e. The van der Waals surface area contributed by atoms with Gasteiger partial charge in [0.25, 0.3) is 0 Å². The molecule has 0 fully saturated rings. The predicted molar refractivity (Wildman–Crippen MR) is 104 cm³/mol. The summed E-state index contributed by atoms with van der Waals surface area (Å²) in [6, 6.07) is 18.3. The summed E-state index contributed by atoms with van der Waals surface area (Å²) in [5.74, 6) is -0.372. The van der Waals surface area contributed by atoms with Crippen molar-refractivity contribution in [1.82, 2.24) is 0 Å². The van der Waals surface area contributed by atoms with Crippen LogP contribution in [0.4, 0.5) is 4.39 Å². The summed E-state index contributed by atoms with van der Waals surface area (Å²) in [7, 11) is 0. The molecule has 0 saturated carbocycles. The van der Waals surface area contributed by atoms with Gasteiger partial charge in [0.2, 0.25) is 0 Å². The Kier molecular flexibility index (Phi) is 4.35. The molecule has 3 aromatic rings. The highest BCUT2D eigenvalue weighted by Crippen LogP contribution is 2.39. The van der Waals surface area contributed by atoms with E-state index in [0.29, 0.717) is 0 Å². The van der Waals surface area contributed by atoms with Crippen LogP contribution < -0.4 is 0 Å². The van der Waals surface area contributed by atoms with Gasteiger partial charge in [0, 0.05) is 0 Å². The minimum Gasteiger partial charge on any atom is -0.205 e. The standard InChI is InChI=1S/C23H20ClF/c1-2-3-4-15-5-8-20-18(11-15)13-19-12-16(6-9-21(19)20)17-7-10-22(24)23(25)14-17/h5-12,14H,2-4,13H2,1H3. The molecule has 1 aliphatic rings. The second kappa shape index (κ2) is 6.65. The smallest absolute Gasteiger partial charge is 0.142 e. The Balaban J connectivity index is 1.67. The summed E-state index contributed by atoms with van der Waals surface area (Å²) in [6.45, 7) is 2.23. The lowest BCUT2D eigenvalue weighted by Crippen LogP contribution is -1.88. The lowest BCUT2D eigenvalue weighted by atomic mass is 9.98. The first kappa shape index (κ1) is 16.4. The van der Waals surface area contributed by atoms with Crippen molar-refractivity contribution in [2.45, 2.75) is 32.6 Å². The molecule has 1 aliphatic carbocycles. The number of rotatable bonds is 4. The van der Waals surface area contributed by atoms with Crippen LogP contribution in [0, 0.1) is 5.82 Å². The number of aryl methyl sites for hydroxylation is 1. The van der Waals surface area contributed by atoms with E-state index in [1.807, 2.05) is 6.07 Å². The summed E-state index contributed by atoms with van der Waals surface area (Å²) in [5, 5.41) is 0.164. The average molecular weight is 351 g/mol. The molecule has 0 heterocycles. The quantitative estimate of drug-likeness (QED) is 0.369. The molecule has 25 heavy (non-hydrogen) atoms. The number of fused-ring (bicyclic) bond motifs is 3. The molecule has 0 saturated heterocycles. The van der Waals surface area contributed by atoms with Crippen LogP contribution in [0.25, 0.3) is 22.3 Å². The SMILES string of the molecule is CCCCc1ccc2c(c1)Cc1cc(-c3ccc(Cl)c(F)c3)ccc1-2. The molecule has 0 N–H and O–H groups in total. The van der Waals surface area contributed by atoms with Crippen LogP contribution in [-0.2, 0) is 12.8 Å². The van der Waals surface area contributed by atoms with Crippen molar-refractivity contribution in [2.75, 3.05) is 0 Å². The highest BCUT2D eigenvalue weighted by atomic mass is 35.5. The fourth-order valence-electron chi connectivity index (χ4n) is 3.66. The zero-order chi connectivity index (χ0) is 17.4. The van der Waals surface area contributed by atoms with E-state index in [2.05, 4.69) is 43.3 Å². The zero-order valence-electron chi connectivity index (χ0n) is 14.3. The van der Waals surface area contributed by atoms with E-state index in [1.54, 1.807) is 6.07 Å². The van der Waals surface area contributed by atoms with E-state index >= 15 is 0 Å². The van der Waals surface area contributed by atoms with Gasteiger partial charge in [0.15, 0.2) is 0 Å². The first-order valence-electron chi connectivity index (χ1n) is 8.86. The normalized spacial score (nSPS) is 12.1. The Morgan fingerprint density at radius 1 is 0.880 bits per heavy atom. The van der Waals surface area contributed by atoms with Gasteiger partial charge >= 0.3 is 0 Å². The average Bonchev–Trinajstić information content (AvgIpc) is 2.99. The van der Waals surface area contributed by atoms with Gasteiger partial charge in [-0.2, -0.15) is 0 Å². The minimum atomic E-state index is -0.372. The molecular weight excluding hydrogens is 331 g/mol. The highest BCUT2D eigenvalue weighted by Gasteiger charge is 2.19. The van der Waals surface area contributed by atoms with Crippen LogP contribution in [0.15, 0.2) is 54.6 Å². The molecule has 126 valence electrons. The van der Waals surface area contributed by atoms with Crippen molar-refractivity contribution >= 4 is 11.6 Å². The van der Waals surface area contributed by atoms with Crippen LogP contribution in [0.2, 0.25) is 5.02 Å². The molecule has 4 rings (SSSR count). The van der Waals surface area contributed by atoms with Crippen LogP contribution in [-0.4, -0.2) is 0 Å². The number of hydrogen-bond acceptors (Lipinski definition) is 0. The lowest BCUT2D eigenvalue weighted by Gasteiger charge is -2.07. The van der Waals surface area contributed by atoms with Crippen molar-refractivity contribution in [2.24, 2.45) is 0 Å². The summed E-state index contributed by atoms with van der Waals surface area (Å²) in [5.41, 5.74) is 8.68.